The van der Waals surface area contributed by atoms with Crippen LogP contribution in [0.25, 0.3) is 22.8 Å². The maximum absolute atomic E-state index is 13.2. The zero-order valence-corrected chi connectivity index (χ0v) is 10.5. The predicted molar refractivity (Wildman–Crippen MR) is 72.2 cm³/mol. The van der Waals surface area contributed by atoms with Crippen molar-refractivity contribution >= 4 is 11.6 Å². The van der Waals surface area contributed by atoms with Gasteiger partial charge in [0.25, 0.3) is 0 Å². The SMILES string of the molecule is Fc1cccc(-c2n[nH]c(-c3cccc(Cl)c3)n2)c1. The van der Waals surface area contributed by atoms with E-state index in [0.717, 1.165) is 5.56 Å². The van der Waals surface area contributed by atoms with E-state index in [1.807, 2.05) is 12.1 Å². The first-order chi connectivity index (χ1) is 9.22. The molecule has 1 heterocycles. The molecule has 3 aromatic rings. The fraction of sp³-hybridized carbons (Fsp3) is 0. The van der Waals surface area contributed by atoms with Crippen LogP contribution in [0.1, 0.15) is 0 Å². The quantitative estimate of drug-likeness (QED) is 0.768. The van der Waals surface area contributed by atoms with Gasteiger partial charge in [0.2, 0.25) is 0 Å². The molecule has 0 unspecified atom stereocenters. The maximum Gasteiger partial charge on any atom is 0.181 e. The van der Waals surface area contributed by atoms with Gasteiger partial charge in [0.05, 0.1) is 0 Å². The Morgan fingerprint density at radius 1 is 1.00 bits per heavy atom. The number of rotatable bonds is 2. The number of aromatic nitrogens is 3. The molecule has 0 aliphatic carbocycles. The average Bonchev–Trinajstić information content (AvgIpc) is 2.88. The van der Waals surface area contributed by atoms with E-state index in [-0.39, 0.29) is 5.82 Å². The Labute approximate surface area is 114 Å². The Balaban J connectivity index is 2.00. The van der Waals surface area contributed by atoms with Crippen molar-refractivity contribution in [1.82, 2.24) is 15.2 Å². The molecule has 0 saturated heterocycles. The summed E-state index contributed by atoms with van der Waals surface area (Å²) in [6, 6.07) is 13.4. The minimum atomic E-state index is -0.313. The topological polar surface area (TPSA) is 41.6 Å². The second-order valence-electron chi connectivity index (χ2n) is 4.03. The lowest BCUT2D eigenvalue weighted by Crippen LogP contribution is -1.82. The molecular weight excluding hydrogens is 265 g/mol. The minimum absolute atomic E-state index is 0.313. The van der Waals surface area contributed by atoms with E-state index in [1.54, 1.807) is 24.3 Å². The molecule has 0 fully saturated rings. The van der Waals surface area contributed by atoms with Crippen LogP contribution in [0.4, 0.5) is 4.39 Å². The molecule has 0 radical (unpaired) electrons. The maximum atomic E-state index is 13.2. The standard InChI is InChI=1S/C14H9ClFN3/c15-11-5-1-3-9(7-11)13-17-14(19-18-13)10-4-2-6-12(16)8-10/h1-8H,(H,17,18,19). The first kappa shape index (κ1) is 11.9. The van der Waals surface area contributed by atoms with Crippen molar-refractivity contribution in [3.8, 4) is 22.8 Å². The van der Waals surface area contributed by atoms with Crippen molar-refractivity contribution in [3.05, 3.63) is 59.4 Å². The highest BCUT2D eigenvalue weighted by Crippen LogP contribution is 2.22. The van der Waals surface area contributed by atoms with E-state index in [4.69, 9.17) is 11.6 Å². The van der Waals surface area contributed by atoms with E-state index in [2.05, 4.69) is 15.2 Å². The molecule has 19 heavy (non-hydrogen) atoms. The fourth-order valence-corrected chi connectivity index (χ4v) is 1.97. The lowest BCUT2D eigenvalue weighted by Gasteiger charge is -1.96. The third-order valence-corrected chi connectivity index (χ3v) is 2.90. The first-order valence-corrected chi connectivity index (χ1v) is 6.04. The van der Waals surface area contributed by atoms with Crippen LogP contribution in [0.2, 0.25) is 5.02 Å². The summed E-state index contributed by atoms with van der Waals surface area (Å²) >= 11 is 5.93. The summed E-state index contributed by atoms with van der Waals surface area (Å²) in [6.07, 6.45) is 0. The van der Waals surface area contributed by atoms with Crippen LogP contribution in [0.5, 0.6) is 0 Å². The number of nitrogens with zero attached hydrogens (tertiary/aromatic N) is 2. The highest BCUT2D eigenvalue weighted by molar-refractivity contribution is 6.30. The number of benzene rings is 2. The fourth-order valence-electron chi connectivity index (χ4n) is 1.78. The highest BCUT2D eigenvalue weighted by Gasteiger charge is 2.08. The number of nitrogens with one attached hydrogen (secondary N) is 1. The molecule has 1 aromatic heterocycles. The molecule has 2 aromatic carbocycles. The predicted octanol–water partition coefficient (Wildman–Crippen LogP) is 3.93. The molecule has 5 heteroatoms. The van der Waals surface area contributed by atoms with Crippen LogP contribution in [-0.4, -0.2) is 15.2 Å². The van der Waals surface area contributed by atoms with Gasteiger partial charge in [0, 0.05) is 16.1 Å². The number of hydrogen-bond acceptors (Lipinski definition) is 2. The molecule has 0 amide bonds. The lowest BCUT2D eigenvalue weighted by molar-refractivity contribution is 0.628. The van der Waals surface area contributed by atoms with Crippen LogP contribution < -0.4 is 0 Å². The van der Waals surface area contributed by atoms with Gasteiger partial charge in [-0.25, -0.2) is 9.37 Å². The molecular formula is C14H9ClFN3. The number of halogens is 2. The van der Waals surface area contributed by atoms with Gasteiger partial charge in [-0.05, 0) is 24.3 Å². The average molecular weight is 274 g/mol. The third kappa shape index (κ3) is 2.48. The Morgan fingerprint density at radius 2 is 1.79 bits per heavy atom. The van der Waals surface area contributed by atoms with Crippen LogP contribution in [0.3, 0.4) is 0 Å². The summed E-state index contributed by atoms with van der Waals surface area (Å²) in [6.45, 7) is 0. The van der Waals surface area contributed by atoms with Gasteiger partial charge in [0.15, 0.2) is 11.6 Å². The van der Waals surface area contributed by atoms with Crippen molar-refractivity contribution in [2.24, 2.45) is 0 Å². The zero-order chi connectivity index (χ0) is 13.2. The highest BCUT2D eigenvalue weighted by atomic mass is 35.5. The Kier molecular flexibility index (Phi) is 3.01. The Morgan fingerprint density at radius 3 is 2.58 bits per heavy atom. The molecule has 0 aliphatic rings. The molecule has 3 rings (SSSR count). The summed E-state index contributed by atoms with van der Waals surface area (Å²) in [4.78, 5) is 4.34. The van der Waals surface area contributed by atoms with Crippen molar-refractivity contribution in [2.75, 3.05) is 0 Å². The van der Waals surface area contributed by atoms with E-state index >= 15 is 0 Å². The second kappa shape index (κ2) is 4.82. The van der Waals surface area contributed by atoms with Crippen LogP contribution in [0.15, 0.2) is 48.5 Å². The van der Waals surface area contributed by atoms with E-state index in [9.17, 15) is 4.39 Å². The molecule has 0 bridgehead atoms. The molecule has 0 aliphatic heterocycles. The van der Waals surface area contributed by atoms with Crippen LogP contribution in [0, 0.1) is 5.82 Å². The molecule has 0 saturated carbocycles. The van der Waals surface area contributed by atoms with Crippen LogP contribution in [-0.2, 0) is 0 Å². The van der Waals surface area contributed by atoms with Gasteiger partial charge in [-0.3, -0.25) is 5.10 Å². The minimum Gasteiger partial charge on any atom is -0.259 e. The molecule has 94 valence electrons. The van der Waals surface area contributed by atoms with Crippen LogP contribution >= 0.6 is 11.6 Å². The number of H-pyrrole nitrogens is 1. The molecule has 0 spiro atoms. The van der Waals surface area contributed by atoms with Crippen molar-refractivity contribution in [2.45, 2.75) is 0 Å². The largest absolute Gasteiger partial charge is 0.259 e. The summed E-state index contributed by atoms with van der Waals surface area (Å²) in [5.41, 5.74) is 1.46. The normalized spacial score (nSPS) is 10.6. The van der Waals surface area contributed by atoms with Crippen molar-refractivity contribution < 1.29 is 4.39 Å². The van der Waals surface area contributed by atoms with Crippen molar-refractivity contribution in [3.63, 3.8) is 0 Å². The summed E-state index contributed by atoms with van der Waals surface area (Å²) in [7, 11) is 0. The first-order valence-electron chi connectivity index (χ1n) is 5.67. The van der Waals surface area contributed by atoms with E-state index < -0.39 is 0 Å². The number of aromatic amines is 1. The van der Waals surface area contributed by atoms with Crippen molar-refractivity contribution in [1.29, 1.82) is 0 Å². The molecule has 3 nitrogen and oxygen atoms in total. The van der Waals surface area contributed by atoms with Gasteiger partial charge in [-0.15, -0.1) is 0 Å². The third-order valence-electron chi connectivity index (χ3n) is 2.67. The Bertz CT molecular complexity index is 664. The smallest absolute Gasteiger partial charge is 0.181 e. The zero-order valence-electron chi connectivity index (χ0n) is 9.77. The monoisotopic (exact) mass is 273 g/mol. The second-order valence-corrected chi connectivity index (χ2v) is 4.46. The van der Waals surface area contributed by atoms with Gasteiger partial charge in [-0.1, -0.05) is 35.9 Å². The van der Waals surface area contributed by atoms with Gasteiger partial charge >= 0.3 is 0 Å². The van der Waals surface area contributed by atoms with E-state index in [1.165, 1.54) is 12.1 Å². The summed E-state index contributed by atoms with van der Waals surface area (Å²) < 4.78 is 13.2. The van der Waals surface area contributed by atoms with Gasteiger partial charge < -0.3 is 0 Å². The molecule has 1 N–H and O–H groups in total. The van der Waals surface area contributed by atoms with Gasteiger partial charge in [0.1, 0.15) is 5.82 Å². The Hall–Kier alpha value is -2.20. The summed E-state index contributed by atoms with van der Waals surface area (Å²) in [5.74, 6) is 0.739. The lowest BCUT2D eigenvalue weighted by atomic mass is 10.2. The van der Waals surface area contributed by atoms with Gasteiger partial charge in [-0.2, -0.15) is 5.10 Å². The molecule has 0 atom stereocenters. The summed E-state index contributed by atoms with van der Waals surface area (Å²) in [5, 5.41) is 7.54. The number of hydrogen-bond donors (Lipinski definition) is 1. The van der Waals surface area contributed by atoms with E-state index in [0.29, 0.717) is 22.2 Å².